The van der Waals surface area contributed by atoms with Crippen molar-refractivity contribution in [3.8, 4) is 11.8 Å². The monoisotopic (exact) mass is 428 g/mol. The Balaban J connectivity index is 1.51. The first-order chi connectivity index (χ1) is 14.7. The lowest BCUT2D eigenvalue weighted by Crippen LogP contribution is -2.59. The minimum absolute atomic E-state index is 0.0271. The van der Waals surface area contributed by atoms with Gasteiger partial charge in [0.1, 0.15) is 0 Å². The number of nitrogens with one attached hydrogen (secondary N) is 2. The highest BCUT2D eigenvalue weighted by Gasteiger charge is 2.59. The van der Waals surface area contributed by atoms with Gasteiger partial charge in [0, 0.05) is 29.2 Å². The average molecular weight is 428 g/mol. The van der Waals surface area contributed by atoms with Gasteiger partial charge in [-0.3, -0.25) is 9.36 Å². The SMILES string of the molecule is O=C1Nc2cc(Cn3cnc(C4CC4)cc3=O)ccc2C(C#CC2CC2)(C(F)(F)F)N1. The molecular weight excluding hydrogens is 409 g/mol. The number of benzene rings is 1. The number of nitrogens with zero attached hydrogens (tertiary/aromatic N) is 2. The first-order valence-corrected chi connectivity index (χ1v) is 10.1. The van der Waals surface area contributed by atoms with Crippen molar-refractivity contribution in [1.29, 1.82) is 0 Å². The Labute approximate surface area is 175 Å². The van der Waals surface area contributed by atoms with Crippen molar-refractivity contribution >= 4 is 11.7 Å². The molecule has 2 aliphatic carbocycles. The van der Waals surface area contributed by atoms with Crippen LogP contribution >= 0.6 is 0 Å². The maximum Gasteiger partial charge on any atom is 0.427 e. The summed E-state index contributed by atoms with van der Waals surface area (Å²) in [6.07, 6.45) is 0.237. The lowest BCUT2D eigenvalue weighted by atomic mass is 9.85. The third kappa shape index (κ3) is 3.67. The van der Waals surface area contributed by atoms with Gasteiger partial charge in [0.25, 0.3) is 5.56 Å². The normalized spacial score (nSPS) is 22.6. The van der Waals surface area contributed by atoms with Crippen LogP contribution in [0.2, 0.25) is 0 Å². The molecular formula is C22H19F3N4O2. The maximum absolute atomic E-state index is 14.1. The van der Waals surface area contributed by atoms with Crippen LogP contribution in [0.4, 0.5) is 23.7 Å². The number of carbonyl (C=O) groups excluding carboxylic acids is 1. The van der Waals surface area contributed by atoms with Crippen LogP contribution < -0.4 is 16.2 Å². The first-order valence-electron chi connectivity index (χ1n) is 10.1. The number of aromatic nitrogens is 2. The van der Waals surface area contributed by atoms with Crippen LogP contribution in [0.1, 0.15) is 48.4 Å². The number of hydrogen-bond acceptors (Lipinski definition) is 3. The lowest BCUT2D eigenvalue weighted by Gasteiger charge is -2.37. The third-order valence-electron chi connectivity index (χ3n) is 5.75. The summed E-state index contributed by atoms with van der Waals surface area (Å²) in [4.78, 5) is 28.8. The van der Waals surface area contributed by atoms with Crippen LogP contribution in [0.15, 0.2) is 35.4 Å². The molecule has 5 rings (SSSR count). The fourth-order valence-electron chi connectivity index (χ4n) is 3.70. The van der Waals surface area contributed by atoms with E-state index in [2.05, 4.69) is 22.1 Å². The molecule has 2 amide bonds. The van der Waals surface area contributed by atoms with E-state index in [9.17, 15) is 22.8 Å². The molecule has 1 aliphatic heterocycles. The average Bonchev–Trinajstić information content (AvgIpc) is 3.60. The van der Waals surface area contributed by atoms with Crippen molar-refractivity contribution in [2.24, 2.45) is 5.92 Å². The zero-order valence-electron chi connectivity index (χ0n) is 16.4. The molecule has 0 spiro atoms. The number of fused-ring (bicyclic) bond motifs is 1. The van der Waals surface area contributed by atoms with E-state index in [1.165, 1.54) is 35.2 Å². The molecule has 2 aromatic rings. The summed E-state index contributed by atoms with van der Waals surface area (Å²) in [6, 6.07) is 4.81. The van der Waals surface area contributed by atoms with Crippen molar-refractivity contribution in [2.75, 3.05) is 5.32 Å². The van der Waals surface area contributed by atoms with Gasteiger partial charge in [-0.1, -0.05) is 24.0 Å². The molecule has 2 heterocycles. The summed E-state index contributed by atoms with van der Waals surface area (Å²) in [5.74, 6) is 5.25. The van der Waals surface area contributed by atoms with E-state index in [0.29, 0.717) is 11.5 Å². The summed E-state index contributed by atoms with van der Waals surface area (Å²) in [7, 11) is 0. The Morgan fingerprint density at radius 2 is 1.94 bits per heavy atom. The number of rotatable bonds is 3. The summed E-state index contributed by atoms with van der Waals surface area (Å²) in [6.45, 7) is 0.125. The van der Waals surface area contributed by atoms with Crippen molar-refractivity contribution in [3.63, 3.8) is 0 Å². The van der Waals surface area contributed by atoms with E-state index in [0.717, 1.165) is 31.4 Å². The summed E-state index contributed by atoms with van der Waals surface area (Å²) < 4.78 is 43.8. The van der Waals surface area contributed by atoms with E-state index >= 15 is 0 Å². The largest absolute Gasteiger partial charge is 0.427 e. The molecule has 0 saturated heterocycles. The Morgan fingerprint density at radius 1 is 1.16 bits per heavy atom. The van der Waals surface area contributed by atoms with E-state index in [-0.39, 0.29) is 29.3 Å². The fourth-order valence-corrected chi connectivity index (χ4v) is 3.70. The van der Waals surface area contributed by atoms with Crippen molar-refractivity contribution in [3.05, 3.63) is 57.8 Å². The highest BCUT2D eigenvalue weighted by molar-refractivity contribution is 5.95. The van der Waals surface area contributed by atoms with Crippen molar-refractivity contribution in [2.45, 2.75) is 49.9 Å². The number of hydrogen-bond donors (Lipinski definition) is 2. The summed E-state index contributed by atoms with van der Waals surface area (Å²) in [5.41, 5.74) is -1.79. The molecule has 1 aromatic carbocycles. The smallest absolute Gasteiger partial charge is 0.310 e. The van der Waals surface area contributed by atoms with Gasteiger partial charge in [0.05, 0.1) is 18.6 Å². The molecule has 0 bridgehead atoms. The number of carbonyl (C=O) groups is 1. The van der Waals surface area contributed by atoms with Crippen LogP contribution in [0.3, 0.4) is 0 Å². The van der Waals surface area contributed by atoms with Crippen LogP contribution in [-0.2, 0) is 12.1 Å². The Hall–Kier alpha value is -3.28. The molecule has 9 heteroatoms. The number of anilines is 1. The second-order valence-corrected chi connectivity index (χ2v) is 8.30. The molecule has 2 saturated carbocycles. The van der Waals surface area contributed by atoms with Crippen LogP contribution in [0.25, 0.3) is 0 Å². The van der Waals surface area contributed by atoms with Gasteiger partial charge in [-0.15, -0.1) is 0 Å². The second kappa shape index (κ2) is 6.87. The highest BCUT2D eigenvalue weighted by atomic mass is 19.4. The molecule has 6 nitrogen and oxygen atoms in total. The predicted molar refractivity (Wildman–Crippen MR) is 106 cm³/mol. The Kier molecular flexibility index (Phi) is 4.36. The molecule has 31 heavy (non-hydrogen) atoms. The molecule has 1 unspecified atom stereocenters. The summed E-state index contributed by atoms with van der Waals surface area (Å²) in [5, 5.41) is 4.44. The Morgan fingerprint density at radius 3 is 2.58 bits per heavy atom. The minimum Gasteiger partial charge on any atom is -0.310 e. The topological polar surface area (TPSA) is 76.0 Å². The molecule has 1 atom stereocenters. The first kappa shape index (κ1) is 19.7. The van der Waals surface area contributed by atoms with E-state index in [1.54, 1.807) is 0 Å². The summed E-state index contributed by atoms with van der Waals surface area (Å²) >= 11 is 0. The third-order valence-corrected chi connectivity index (χ3v) is 5.75. The predicted octanol–water partition coefficient (Wildman–Crippen LogP) is 3.48. The van der Waals surface area contributed by atoms with Gasteiger partial charge in [0.2, 0.25) is 5.54 Å². The van der Waals surface area contributed by atoms with Gasteiger partial charge in [0.15, 0.2) is 0 Å². The van der Waals surface area contributed by atoms with Gasteiger partial charge >= 0.3 is 12.2 Å². The van der Waals surface area contributed by atoms with Crippen molar-refractivity contribution in [1.82, 2.24) is 14.9 Å². The van der Waals surface area contributed by atoms with E-state index in [4.69, 9.17) is 0 Å². The lowest BCUT2D eigenvalue weighted by molar-refractivity contribution is -0.178. The van der Waals surface area contributed by atoms with Gasteiger partial charge in [-0.25, -0.2) is 9.78 Å². The highest BCUT2D eigenvalue weighted by Crippen LogP contribution is 2.44. The zero-order chi connectivity index (χ0) is 21.8. The molecule has 2 N–H and O–H groups in total. The second-order valence-electron chi connectivity index (χ2n) is 8.30. The standard InChI is InChI=1S/C22H19F3N4O2/c23-22(24,25)21(8-7-13-1-2-13)16-6-3-14(9-18(16)27-20(31)28-21)11-29-12-26-17(10-19(29)30)15-4-5-15/h3,6,9-10,12-13,15H,1-2,4-5,11H2,(H2,27,28,31). The Bertz CT molecular complexity index is 1190. The molecule has 1 aromatic heterocycles. The number of alkyl halides is 3. The number of urea groups is 1. The van der Waals surface area contributed by atoms with E-state index in [1.807, 2.05) is 5.32 Å². The maximum atomic E-state index is 14.1. The molecule has 2 fully saturated rings. The minimum atomic E-state index is -4.80. The zero-order valence-corrected chi connectivity index (χ0v) is 16.4. The van der Waals surface area contributed by atoms with Crippen LogP contribution in [0, 0.1) is 17.8 Å². The van der Waals surface area contributed by atoms with Gasteiger partial charge in [-0.05, 0) is 37.3 Å². The number of amides is 2. The van der Waals surface area contributed by atoms with Crippen LogP contribution in [0.5, 0.6) is 0 Å². The molecule has 160 valence electrons. The number of halogens is 3. The fraction of sp³-hybridized carbons (Fsp3) is 0.409. The quantitative estimate of drug-likeness (QED) is 0.735. The van der Waals surface area contributed by atoms with Crippen LogP contribution in [-0.4, -0.2) is 21.8 Å². The van der Waals surface area contributed by atoms with Gasteiger partial charge < -0.3 is 10.6 Å². The van der Waals surface area contributed by atoms with E-state index < -0.39 is 17.7 Å². The molecule has 3 aliphatic rings. The molecule has 0 radical (unpaired) electrons. The van der Waals surface area contributed by atoms with Crippen molar-refractivity contribution < 1.29 is 18.0 Å². The van der Waals surface area contributed by atoms with Gasteiger partial charge in [-0.2, -0.15) is 13.2 Å².